The summed E-state index contributed by atoms with van der Waals surface area (Å²) in [5.74, 6) is 5.03. The molecule has 0 aliphatic carbocycles. The number of nitrogens with one attached hydrogen (secondary N) is 1. The van der Waals surface area contributed by atoms with Gasteiger partial charge in [-0.25, -0.2) is 15.8 Å². The van der Waals surface area contributed by atoms with Crippen molar-refractivity contribution in [2.75, 3.05) is 5.75 Å². The molecule has 1 amide bonds. The summed E-state index contributed by atoms with van der Waals surface area (Å²) in [6.07, 6.45) is 0. The third-order valence-corrected chi connectivity index (χ3v) is 4.19. The van der Waals surface area contributed by atoms with Gasteiger partial charge in [0.05, 0.1) is 17.1 Å². The van der Waals surface area contributed by atoms with Gasteiger partial charge in [0.1, 0.15) is 0 Å². The van der Waals surface area contributed by atoms with E-state index in [1.165, 1.54) is 11.8 Å². The molecule has 1 aromatic heterocycles. The maximum absolute atomic E-state index is 11.4. The van der Waals surface area contributed by atoms with Crippen molar-refractivity contribution in [3.63, 3.8) is 0 Å². The molecule has 0 radical (unpaired) electrons. The molecule has 5 nitrogen and oxygen atoms in total. The minimum Gasteiger partial charge on any atom is -0.294 e. The smallest absolute Gasteiger partial charge is 0.244 e. The lowest BCUT2D eigenvalue weighted by atomic mass is 10.1. The molecular weight excluding hydrogens is 320 g/mol. The minimum absolute atomic E-state index is 0.170. The molecule has 0 spiro atoms. The molecule has 24 heavy (non-hydrogen) atoms. The van der Waals surface area contributed by atoms with Crippen molar-refractivity contribution < 1.29 is 4.79 Å². The summed E-state index contributed by atoms with van der Waals surface area (Å²) in [6.45, 7) is 0. The molecule has 3 aromatic rings. The normalized spacial score (nSPS) is 10.4. The number of hydrazine groups is 1. The first kappa shape index (κ1) is 16.2. The first-order chi connectivity index (χ1) is 11.8. The van der Waals surface area contributed by atoms with Gasteiger partial charge >= 0.3 is 0 Å². The van der Waals surface area contributed by atoms with E-state index < -0.39 is 0 Å². The summed E-state index contributed by atoms with van der Waals surface area (Å²) in [5, 5.41) is 0.541. The Morgan fingerprint density at radius 1 is 0.917 bits per heavy atom. The standard InChI is InChI=1S/C18H16N4OS/c19-22-17(23)12-24-18-20-15(13-7-3-1-4-8-13)11-16(21-18)14-9-5-2-6-10-14/h1-11H,12,19H2,(H,22,23). The van der Waals surface area contributed by atoms with Gasteiger partial charge in [-0.1, -0.05) is 72.4 Å². The van der Waals surface area contributed by atoms with Crippen LogP contribution in [-0.2, 0) is 4.79 Å². The molecule has 120 valence electrons. The fourth-order valence-electron chi connectivity index (χ4n) is 2.18. The third kappa shape index (κ3) is 3.98. The maximum atomic E-state index is 11.4. The summed E-state index contributed by atoms with van der Waals surface area (Å²) < 4.78 is 0. The zero-order valence-electron chi connectivity index (χ0n) is 12.8. The number of nitrogens with zero attached hydrogens (tertiary/aromatic N) is 2. The number of hydrogen-bond acceptors (Lipinski definition) is 5. The van der Waals surface area contributed by atoms with Crippen molar-refractivity contribution in [1.29, 1.82) is 0 Å². The summed E-state index contributed by atoms with van der Waals surface area (Å²) >= 11 is 1.26. The highest BCUT2D eigenvalue weighted by molar-refractivity contribution is 7.99. The van der Waals surface area contributed by atoms with E-state index in [0.29, 0.717) is 5.16 Å². The lowest BCUT2D eigenvalue weighted by molar-refractivity contribution is -0.118. The van der Waals surface area contributed by atoms with E-state index in [2.05, 4.69) is 15.4 Å². The summed E-state index contributed by atoms with van der Waals surface area (Å²) in [5.41, 5.74) is 5.76. The topological polar surface area (TPSA) is 80.9 Å². The number of benzene rings is 2. The van der Waals surface area contributed by atoms with Gasteiger partial charge in [-0.2, -0.15) is 0 Å². The van der Waals surface area contributed by atoms with Gasteiger partial charge in [0.15, 0.2) is 5.16 Å². The Labute approximate surface area is 144 Å². The van der Waals surface area contributed by atoms with Crippen LogP contribution in [0.15, 0.2) is 71.9 Å². The minimum atomic E-state index is -0.269. The monoisotopic (exact) mass is 336 g/mol. The van der Waals surface area contributed by atoms with E-state index >= 15 is 0 Å². The molecule has 0 saturated heterocycles. The molecule has 0 fully saturated rings. The predicted octanol–water partition coefficient (Wildman–Crippen LogP) is 2.89. The second kappa shape index (κ2) is 7.72. The fraction of sp³-hybridized carbons (Fsp3) is 0.0556. The van der Waals surface area contributed by atoms with Crippen LogP contribution in [0.25, 0.3) is 22.5 Å². The highest BCUT2D eigenvalue weighted by Gasteiger charge is 2.10. The lowest BCUT2D eigenvalue weighted by Gasteiger charge is -2.08. The second-order valence-corrected chi connectivity index (χ2v) is 5.95. The van der Waals surface area contributed by atoms with Crippen molar-refractivity contribution >= 4 is 17.7 Å². The van der Waals surface area contributed by atoms with Crippen LogP contribution in [0.2, 0.25) is 0 Å². The lowest BCUT2D eigenvalue weighted by Crippen LogP contribution is -2.31. The number of amides is 1. The highest BCUT2D eigenvalue weighted by atomic mass is 32.2. The van der Waals surface area contributed by atoms with Crippen molar-refractivity contribution in [3.8, 4) is 22.5 Å². The van der Waals surface area contributed by atoms with Gasteiger partial charge in [-0.3, -0.25) is 10.2 Å². The first-order valence-electron chi connectivity index (χ1n) is 7.38. The molecule has 6 heteroatoms. The van der Waals surface area contributed by atoms with E-state index in [-0.39, 0.29) is 11.7 Å². The third-order valence-electron chi connectivity index (χ3n) is 3.34. The highest BCUT2D eigenvalue weighted by Crippen LogP contribution is 2.26. The van der Waals surface area contributed by atoms with Gasteiger partial charge in [-0.15, -0.1) is 0 Å². The Morgan fingerprint density at radius 3 is 1.88 bits per heavy atom. The van der Waals surface area contributed by atoms with Crippen LogP contribution in [-0.4, -0.2) is 21.6 Å². The average Bonchev–Trinajstić information content (AvgIpc) is 2.67. The zero-order valence-corrected chi connectivity index (χ0v) is 13.7. The maximum Gasteiger partial charge on any atom is 0.244 e. The van der Waals surface area contributed by atoms with Crippen LogP contribution in [0, 0.1) is 0 Å². The van der Waals surface area contributed by atoms with E-state index in [0.717, 1.165) is 22.5 Å². The SMILES string of the molecule is NNC(=O)CSc1nc(-c2ccccc2)cc(-c2ccccc2)n1. The molecule has 3 rings (SSSR count). The number of hydrogen-bond donors (Lipinski definition) is 2. The van der Waals surface area contributed by atoms with Gasteiger partial charge in [0, 0.05) is 11.1 Å². The van der Waals surface area contributed by atoms with Gasteiger partial charge in [-0.05, 0) is 6.07 Å². The quantitative estimate of drug-likeness (QED) is 0.246. The van der Waals surface area contributed by atoms with Crippen molar-refractivity contribution in [2.24, 2.45) is 5.84 Å². The molecular formula is C18H16N4OS. The molecule has 1 heterocycles. The van der Waals surface area contributed by atoms with Gasteiger partial charge in [0.2, 0.25) is 5.91 Å². The Hall–Kier alpha value is -2.70. The second-order valence-electron chi connectivity index (χ2n) is 5.01. The Bertz CT molecular complexity index is 767. The Kier molecular flexibility index (Phi) is 5.20. The van der Waals surface area contributed by atoms with Crippen molar-refractivity contribution in [1.82, 2.24) is 15.4 Å². The summed E-state index contributed by atoms with van der Waals surface area (Å²) in [6, 6.07) is 21.7. The number of aromatic nitrogens is 2. The van der Waals surface area contributed by atoms with Crippen molar-refractivity contribution in [2.45, 2.75) is 5.16 Å². The van der Waals surface area contributed by atoms with Crippen LogP contribution in [0.3, 0.4) is 0 Å². The molecule has 0 bridgehead atoms. The largest absolute Gasteiger partial charge is 0.294 e. The molecule has 2 aromatic carbocycles. The van der Waals surface area contributed by atoms with Crippen molar-refractivity contribution in [3.05, 3.63) is 66.7 Å². The van der Waals surface area contributed by atoms with Crippen LogP contribution < -0.4 is 11.3 Å². The van der Waals surface area contributed by atoms with E-state index in [9.17, 15) is 4.79 Å². The first-order valence-corrected chi connectivity index (χ1v) is 8.37. The van der Waals surface area contributed by atoms with Crippen LogP contribution in [0.4, 0.5) is 0 Å². The molecule has 0 unspecified atom stereocenters. The van der Waals surface area contributed by atoms with Crippen LogP contribution in [0.5, 0.6) is 0 Å². The molecule has 0 aliphatic rings. The van der Waals surface area contributed by atoms with E-state index in [4.69, 9.17) is 5.84 Å². The van der Waals surface area contributed by atoms with Gasteiger partial charge in [0.25, 0.3) is 0 Å². The van der Waals surface area contributed by atoms with E-state index in [1.807, 2.05) is 66.7 Å². The summed E-state index contributed by atoms with van der Waals surface area (Å²) in [7, 11) is 0. The number of thioether (sulfide) groups is 1. The number of carbonyl (C=O) groups excluding carboxylic acids is 1. The predicted molar refractivity (Wildman–Crippen MR) is 96.0 cm³/mol. The Morgan fingerprint density at radius 2 is 1.42 bits per heavy atom. The number of nitrogens with two attached hydrogens (primary N) is 1. The zero-order chi connectivity index (χ0) is 16.8. The van der Waals surface area contributed by atoms with Crippen LogP contribution in [0.1, 0.15) is 0 Å². The molecule has 0 aliphatic heterocycles. The molecule has 0 atom stereocenters. The Balaban J connectivity index is 2.01. The van der Waals surface area contributed by atoms with E-state index in [1.54, 1.807) is 0 Å². The summed E-state index contributed by atoms with van der Waals surface area (Å²) in [4.78, 5) is 20.5. The van der Waals surface area contributed by atoms with Crippen LogP contribution >= 0.6 is 11.8 Å². The number of carbonyl (C=O) groups is 1. The molecule has 0 saturated carbocycles. The molecule has 3 N–H and O–H groups in total. The average molecular weight is 336 g/mol. The fourth-order valence-corrected chi connectivity index (χ4v) is 2.84. The number of rotatable bonds is 5. The van der Waals surface area contributed by atoms with Gasteiger partial charge < -0.3 is 0 Å².